The van der Waals surface area contributed by atoms with Gasteiger partial charge >= 0.3 is 0 Å². The van der Waals surface area contributed by atoms with Crippen molar-refractivity contribution in [3.05, 3.63) is 64.7 Å². The molecule has 0 aromatic heterocycles. The number of quaternary nitrogens is 1. The maximum atomic E-state index is 13.1. The van der Waals surface area contributed by atoms with Gasteiger partial charge in [-0.3, -0.25) is 4.79 Å². The number of carbonyl (C=O) groups excluding carboxylic acids is 1. The molecule has 0 spiro atoms. The molecule has 0 atom stereocenters. The van der Waals surface area contributed by atoms with Crippen molar-refractivity contribution in [2.24, 2.45) is 0 Å². The van der Waals surface area contributed by atoms with Gasteiger partial charge < -0.3 is 24.2 Å². The topological polar surface area (TPSA) is 72.3 Å². The second kappa shape index (κ2) is 9.65. The molecule has 6 nitrogen and oxygen atoms in total. The van der Waals surface area contributed by atoms with Crippen LogP contribution in [0.5, 0.6) is 11.5 Å². The Hall–Kier alpha value is -2.74. The second-order valence-electron chi connectivity index (χ2n) is 6.82. The van der Waals surface area contributed by atoms with Gasteiger partial charge in [-0.05, 0) is 29.8 Å². The lowest BCUT2D eigenvalue weighted by molar-refractivity contribution is -0.914. The number of Topliss-reactive ketones (excluding diaryl/α,β-unsaturated/α-hetero) is 1. The van der Waals surface area contributed by atoms with Crippen LogP contribution in [0.3, 0.4) is 0 Å². The Balaban J connectivity index is 1.88. The lowest BCUT2D eigenvalue weighted by atomic mass is 10.0. The molecule has 29 heavy (non-hydrogen) atoms. The Morgan fingerprint density at radius 1 is 1.07 bits per heavy atom. The summed E-state index contributed by atoms with van der Waals surface area (Å²) in [5, 5.41) is 12.5. The van der Waals surface area contributed by atoms with E-state index in [1.165, 1.54) is 24.3 Å². The number of carbonyl (C=O) groups is 1. The molecule has 0 amide bonds. The van der Waals surface area contributed by atoms with Gasteiger partial charge in [0.1, 0.15) is 31.2 Å². The Kier molecular flexibility index (Phi) is 6.98. The molecule has 0 saturated heterocycles. The molecule has 0 aliphatic carbocycles. The van der Waals surface area contributed by atoms with Crippen LogP contribution in [0.1, 0.15) is 21.5 Å². The standard InChI is InChI=1S/C22H24FNO5/c1-27-11-9-24(10-12-28-2)14-18-19(25)8-7-17-21(26)20(29-22(17)18)13-15-3-5-16(23)6-4-15/h3-8,13,25H,9-12,14H2,1-2H3/b20-13-. The highest BCUT2D eigenvalue weighted by Gasteiger charge is 2.31. The number of rotatable bonds is 9. The average Bonchev–Trinajstić information content (AvgIpc) is 3.03. The monoisotopic (exact) mass is 401 g/mol. The molecule has 1 aliphatic rings. The van der Waals surface area contributed by atoms with E-state index in [1.54, 1.807) is 32.4 Å². The van der Waals surface area contributed by atoms with E-state index >= 15 is 0 Å². The maximum absolute atomic E-state index is 13.1. The quantitative estimate of drug-likeness (QED) is 0.640. The van der Waals surface area contributed by atoms with Crippen LogP contribution >= 0.6 is 0 Å². The molecule has 0 bridgehead atoms. The van der Waals surface area contributed by atoms with Crippen LogP contribution in [0.15, 0.2) is 42.2 Å². The summed E-state index contributed by atoms with van der Waals surface area (Å²) in [5.41, 5.74) is 1.46. The van der Waals surface area contributed by atoms with E-state index in [4.69, 9.17) is 14.2 Å². The molecule has 7 heteroatoms. The number of fused-ring (bicyclic) bond motifs is 1. The smallest absolute Gasteiger partial charge is 0.231 e. The fourth-order valence-electron chi connectivity index (χ4n) is 3.21. The van der Waals surface area contributed by atoms with Crippen LogP contribution in [-0.2, 0) is 16.0 Å². The van der Waals surface area contributed by atoms with Crippen molar-refractivity contribution in [1.29, 1.82) is 0 Å². The lowest BCUT2D eigenvalue weighted by Gasteiger charge is -2.23. The van der Waals surface area contributed by atoms with E-state index in [9.17, 15) is 14.3 Å². The fraction of sp³-hybridized carbons (Fsp3) is 0.318. The van der Waals surface area contributed by atoms with Crippen molar-refractivity contribution in [3.8, 4) is 11.5 Å². The third-order valence-corrected chi connectivity index (χ3v) is 4.81. The third-order valence-electron chi connectivity index (χ3n) is 4.81. The van der Waals surface area contributed by atoms with Gasteiger partial charge in [0.05, 0.1) is 18.8 Å². The number of halogens is 1. The van der Waals surface area contributed by atoms with Gasteiger partial charge in [0.25, 0.3) is 0 Å². The largest absolute Gasteiger partial charge is 0.872 e. The highest BCUT2D eigenvalue weighted by Crippen LogP contribution is 2.38. The van der Waals surface area contributed by atoms with E-state index in [-0.39, 0.29) is 23.1 Å². The van der Waals surface area contributed by atoms with Crippen molar-refractivity contribution in [2.45, 2.75) is 6.54 Å². The number of methoxy groups -OCH3 is 2. The molecular formula is C22H24FNO5. The van der Waals surface area contributed by atoms with Crippen LogP contribution in [-0.4, -0.2) is 46.3 Å². The number of nitrogens with one attached hydrogen (secondary N) is 1. The first-order valence-corrected chi connectivity index (χ1v) is 9.37. The average molecular weight is 401 g/mol. The molecular weight excluding hydrogens is 377 g/mol. The summed E-state index contributed by atoms with van der Waals surface area (Å²) in [6.07, 6.45) is 1.55. The van der Waals surface area contributed by atoms with E-state index in [1.807, 2.05) is 0 Å². The molecule has 1 heterocycles. The predicted molar refractivity (Wildman–Crippen MR) is 103 cm³/mol. The van der Waals surface area contributed by atoms with E-state index in [0.717, 1.165) is 4.90 Å². The summed E-state index contributed by atoms with van der Waals surface area (Å²) in [5.74, 6) is -0.396. The van der Waals surface area contributed by atoms with Crippen LogP contribution < -0.4 is 14.7 Å². The molecule has 2 aromatic rings. The van der Waals surface area contributed by atoms with Gasteiger partial charge in [-0.1, -0.05) is 23.9 Å². The van der Waals surface area contributed by atoms with Gasteiger partial charge in [-0.15, -0.1) is 0 Å². The van der Waals surface area contributed by atoms with Crippen LogP contribution in [0.2, 0.25) is 0 Å². The fourth-order valence-corrected chi connectivity index (χ4v) is 3.21. The molecule has 2 aromatic carbocycles. The van der Waals surface area contributed by atoms with Crippen molar-refractivity contribution in [1.82, 2.24) is 0 Å². The molecule has 1 aliphatic heterocycles. The van der Waals surface area contributed by atoms with Crippen molar-refractivity contribution >= 4 is 11.9 Å². The summed E-state index contributed by atoms with van der Waals surface area (Å²) in [6, 6.07) is 8.64. The predicted octanol–water partition coefficient (Wildman–Crippen LogP) is 1.19. The van der Waals surface area contributed by atoms with Gasteiger partial charge in [0, 0.05) is 19.8 Å². The number of benzene rings is 2. The maximum Gasteiger partial charge on any atom is 0.231 e. The normalized spacial score (nSPS) is 14.5. The number of hydrogen-bond donors (Lipinski definition) is 1. The Morgan fingerprint density at radius 2 is 1.72 bits per heavy atom. The highest BCUT2D eigenvalue weighted by molar-refractivity contribution is 6.14. The first-order chi connectivity index (χ1) is 14.0. The minimum atomic E-state index is -0.359. The van der Waals surface area contributed by atoms with Crippen LogP contribution in [0.25, 0.3) is 6.08 Å². The van der Waals surface area contributed by atoms with Crippen LogP contribution in [0, 0.1) is 5.82 Å². The number of allylic oxidation sites excluding steroid dienone is 1. The summed E-state index contributed by atoms with van der Waals surface area (Å²) < 4.78 is 29.3. The van der Waals surface area contributed by atoms with E-state index < -0.39 is 0 Å². The minimum absolute atomic E-state index is 0.119. The molecule has 0 radical (unpaired) electrons. The van der Waals surface area contributed by atoms with Gasteiger partial charge in [-0.25, -0.2) is 4.39 Å². The number of ketones is 1. The van der Waals surface area contributed by atoms with Gasteiger partial charge in [0.15, 0.2) is 5.76 Å². The zero-order valence-corrected chi connectivity index (χ0v) is 16.5. The van der Waals surface area contributed by atoms with Gasteiger partial charge in [0.2, 0.25) is 5.78 Å². The second-order valence-corrected chi connectivity index (χ2v) is 6.82. The zero-order chi connectivity index (χ0) is 20.8. The zero-order valence-electron chi connectivity index (χ0n) is 16.5. The summed E-state index contributed by atoms with van der Waals surface area (Å²) in [7, 11) is 3.25. The summed E-state index contributed by atoms with van der Waals surface area (Å²) in [6.45, 7) is 2.85. The van der Waals surface area contributed by atoms with Crippen LogP contribution in [0.4, 0.5) is 4.39 Å². The Bertz CT molecular complexity index is 887. The van der Waals surface area contributed by atoms with Gasteiger partial charge in [-0.2, -0.15) is 0 Å². The highest BCUT2D eigenvalue weighted by atomic mass is 19.1. The molecule has 3 rings (SSSR count). The molecule has 0 unspecified atom stereocenters. The first kappa shape index (κ1) is 21.0. The number of hydrogen-bond acceptors (Lipinski definition) is 5. The van der Waals surface area contributed by atoms with E-state index in [2.05, 4.69) is 0 Å². The first-order valence-electron chi connectivity index (χ1n) is 9.37. The summed E-state index contributed by atoms with van der Waals surface area (Å²) >= 11 is 0. The molecule has 0 saturated carbocycles. The lowest BCUT2D eigenvalue weighted by Crippen LogP contribution is -3.11. The molecule has 154 valence electrons. The number of ether oxygens (including phenoxy) is 3. The van der Waals surface area contributed by atoms with E-state index in [0.29, 0.717) is 55.3 Å². The third kappa shape index (κ3) is 5.00. The van der Waals surface area contributed by atoms with Crippen molar-refractivity contribution in [2.75, 3.05) is 40.5 Å². The minimum Gasteiger partial charge on any atom is -0.872 e. The Labute approximate surface area is 169 Å². The SMILES string of the molecule is COCC[NH+](CCOC)Cc1c([O-])ccc2c1O/C(=C\c1ccc(F)cc1)C2=O. The molecule has 1 N–H and O–H groups in total. The molecule has 0 fully saturated rings. The van der Waals surface area contributed by atoms with Crippen molar-refractivity contribution < 1.29 is 33.4 Å². The Morgan fingerprint density at radius 3 is 2.34 bits per heavy atom. The summed E-state index contributed by atoms with van der Waals surface area (Å²) in [4.78, 5) is 13.8. The van der Waals surface area contributed by atoms with Crippen molar-refractivity contribution in [3.63, 3.8) is 0 Å².